The quantitative estimate of drug-likeness (QED) is 0.564. The lowest BCUT2D eigenvalue weighted by Gasteiger charge is -2.23. The number of nitrogens with zero attached hydrogens (tertiary/aromatic N) is 1. The lowest BCUT2D eigenvalue weighted by atomic mass is 9.81. The van der Waals surface area contributed by atoms with Gasteiger partial charge in [-0.05, 0) is 31.9 Å². The van der Waals surface area contributed by atoms with Gasteiger partial charge in [0.1, 0.15) is 18.4 Å². The fourth-order valence-electron chi connectivity index (χ4n) is 4.31. The number of benzene rings is 1. The van der Waals surface area contributed by atoms with Crippen molar-refractivity contribution in [3.63, 3.8) is 0 Å². The van der Waals surface area contributed by atoms with Crippen molar-refractivity contribution in [1.82, 2.24) is 4.90 Å². The summed E-state index contributed by atoms with van der Waals surface area (Å²) >= 11 is 6.12. The Balaban J connectivity index is 1.45. The zero-order valence-electron chi connectivity index (χ0n) is 15.6. The second-order valence-corrected chi connectivity index (χ2v) is 7.93. The Morgan fingerprint density at radius 3 is 2.61 bits per heavy atom. The van der Waals surface area contributed by atoms with E-state index in [0.29, 0.717) is 35.8 Å². The molecule has 1 aromatic carbocycles. The minimum absolute atomic E-state index is 0.0604. The molecule has 3 aliphatic rings. The molecular weight excluding hydrogens is 386 g/mol. The standard InChI is InChI=1S/C20H22ClNO6/c1-11(22-18(23)15-4-2-3-5-16(15)19(22)24)20(25)27-9-13-7-14(21)6-12-8-26-10-28-17(12)13/h6-7,11,15-16H,2-5,8-10H2,1H3/t11-,15+,16+/m0/s1. The average Bonchev–Trinajstić information content (AvgIpc) is 2.96. The van der Waals surface area contributed by atoms with Crippen molar-refractivity contribution in [3.8, 4) is 5.75 Å². The molecule has 3 atom stereocenters. The van der Waals surface area contributed by atoms with Gasteiger partial charge in [-0.15, -0.1) is 0 Å². The summed E-state index contributed by atoms with van der Waals surface area (Å²) in [6.07, 6.45) is 3.30. The Morgan fingerprint density at radius 2 is 1.93 bits per heavy atom. The number of carbonyl (C=O) groups excluding carboxylic acids is 3. The Hall–Kier alpha value is -2.12. The Morgan fingerprint density at radius 1 is 1.25 bits per heavy atom. The smallest absolute Gasteiger partial charge is 0.329 e. The topological polar surface area (TPSA) is 82.1 Å². The van der Waals surface area contributed by atoms with Crippen LogP contribution in [0.4, 0.5) is 0 Å². The van der Waals surface area contributed by atoms with Crippen molar-refractivity contribution in [2.45, 2.75) is 51.9 Å². The first-order chi connectivity index (χ1) is 13.5. The maximum absolute atomic E-state index is 12.7. The van der Waals surface area contributed by atoms with Gasteiger partial charge in [-0.25, -0.2) is 4.79 Å². The number of hydrogen-bond donors (Lipinski definition) is 0. The summed E-state index contributed by atoms with van der Waals surface area (Å²) < 4.78 is 16.2. The van der Waals surface area contributed by atoms with Gasteiger partial charge in [0.25, 0.3) is 0 Å². The van der Waals surface area contributed by atoms with Crippen LogP contribution in [-0.4, -0.2) is 35.5 Å². The van der Waals surface area contributed by atoms with Crippen LogP contribution in [0.15, 0.2) is 12.1 Å². The van der Waals surface area contributed by atoms with E-state index in [0.717, 1.165) is 23.3 Å². The van der Waals surface area contributed by atoms with Crippen LogP contribution in [0, 0.1) is 11.8 Å². The molecule has 0 N–H and O–H groups in total. The normalized spacial score (nSPS) is 25.0. The van der Waals surface area contributed by atoms with Crippen LogP contribution in [0.3, 0.4) is 0 Å². The summed E-state index contributed by atoms with van der Waals surface area (Å²) in [4.78, 5) is 39.0. The number of fused-ring (bicyclic) bond motifs is 2. The minimum atomic E-state index is -0.954. The molecule has 1 saturated carbocycles. The molecule has 8 heteroatoms. The Labute approximate surface area is 167 Å². The van der Waals surface area contributed by atoms with Crippen molar-refractivity contribution in [1.29, 1.82) is 0 Å². The maximum Gasteiger partial charge on any atom is 0.329 e. The highest BCUT2D eigenvalue weighted by atomic mass is 35.5. The molecule has 1 aromatic rings. The predicted octanol–water partition coefficient (Wildman–Crippen LogP) is 2.81. The van der Waals surface area contributed by atoms with Crippen LogP contribution in [0.5, 0.6) is 5.75 Å². The van der Waals surface area contributed by atoms with Gasteiger partial charge >= 0.3 is 5.97 Å². The fourth-order valence-corrected chi connectivity index (χ4v) is 4.57. The van der Waals surface area contributed by atoms with Gasteiger partial charge in [-0.1, -0.05) is 24.4 Å². The summed E-state index contributed by atoms with van der Waals surface area (Å²) in [5.74, 6) is -1.11. The van der Waals surface area contributed by atoms with E-state index in [1.54, 1.807) is 12.1 Å². The first-order valence-corrected chi connectivity index (χ1v) is 9.90. The molecular formula is C20H22ClNO6. The van der Waals surface area contributed by atoms with E-state index in [9.17, 15) is 14.4 Å². The predicted molar refractivity (Wildman–Crippen MR) is 98.3 cm³/mol. The molecule has 1 saturated heterocycles. The first kappa shape index (κ1) is 19.2. The van der Waals surface area contributed by atoms with Crippen LogP contribution in [0.25, 0.3) is 0 Å². The van der Waals surface area contributed by atoms with Gasteiger partial charge in [0.15, 0.2) is 6.79 Å². The number of hydrogen-bond acceptors (Lipinski definition) is 6. The van der Waals surface area contributed by atoms with Crippen molar-refractivity contribution in [2.75, 3.05) is 6.79 Å². The summed E-state index contributed by atoms with van der Waals surface area (Å²) in [5.41, 5.74) is 1.41. The van der Waals surface area contributed by atoms with Crippen molar-refractivity contribution >= 4 is 29.4 Å². The summed E-state index contributed by atoms with van der Waals surface area (Å²) in [7, 11) is 0. The number of rotatable bonds is 4. The highest BCUT2D eigenvalue weighted by molar-refractivity contribution is 6.30. The second kappa shape index (κ2) is 7.72. The highest BCUT2D eigenvalue weighted by Crippen LogP contribution is 2.39. The van der Waals surface area contributed by atoms with E-state index < -0.39 is 12.0 Å². The number of amides is 2. The van der Waals surface area contributed by atoms with E-state index in [1.165, 1.54) is 6.92 Å². The number of imide groups is 1. The molecule has 150 valence electrons. The van der Waals surface area contributed by atoms with Gasteiger partial charge < -0.3 is 14.2 Å². The third kappa shape index (κ3) is 3.37. The van der Waals surface area contributed by atoms with Crippen molar-refractivity contribution in [2.24, 2.45) is 11.8 Å². The number of halogens is 1. The van der Waals surface area contributed by atoms with Gasteiger partial charge in [-0.3, -0.25) is 14.5 Å². The maximum atomic E-state index is 12.7. The lowest BCUT2D eigenvalue weighted by Crippen LogP contribution is -2.44. The van der Waals surface area contributed by atoms with Gasteiger partial charge in [-0.2, -0.15) is 0 Å². The number of carbonyl (C=O) groups is 3. The first-order valence-electron chi connectivity index (χ1n) is 9.52. The molecule has 28 heavy (non-hydrogen) atoms. The number of esters is 1. The largest absolute Gasteiger partial charge is 0.467 e. The molecule has 2 amide bonds. The molecule has 0 spiro atoms. The Bertz CT molecular complexity index is 801. The van der Waals surface area contributed by atoms with Crippen LogP contribution in [0.2, 0.25) is 5.02 Å². The molecule has 1 aliphatic carbocycles. The summed E-state index contributed by atoms with van der Waals surface area (Å²) in [5, 5.41) is 0.487. The monoisotopic (exact) mass is 407 g/mol. The van der Waals surface area contributed by atoms with Crippen molar-refractivity contribution < 1.29 is 28.6 Å². The molecule has 0 radical (unpaired) electrons. The molecule has 2 fully saturated rings. The summed E-state index contributed by atoms with van der Waals surface area (Å²) in [6, 6.07) is 2.46. The van der Waals surface area contributed by atoms with Crippen LogP contribution < -0.4 is 4.74 Å². The van der Waals surface area contributed by atoms with Gasteiger partial charge in [0.05, 0.1) is 18.4 Å². The molecule has 2 heterocycles. The van der Waals surface area contributed by atoms with Crippen LogP contribution in [-0.2, 0) is 37.1 Å². The zero-order valence-corrected chi connectivity index (χ0v) is 16.4. The average molecular weight is 408 g/mol. The number of ether oxygens (including phenoxy) is 3. The van der Waals surface area contributed by atoms with Gasteiger partial charge in [0, 0.05) is 16.1 Å². The third-order valence-electron chi connectivity index (χ3n) is 5.73. The van der Waals surface area contributed by atoms with Crippen molar-refractivity contribution in [3.05, 3.63) is 28.3 Å². The zero-order chi connectivity index (χ0) is 19.8. The SMILES string of the molecule is C[C@@H](C(=O)OCc1cc(Cl)cc2c1OCOC2)N1C(=O)[C@@H]2CCCC[C@H]2C1=O. The molecule has 7 nitrogen and oxygen atoms in total. The molecule has 0 unspecified atom stereocenters. The number of likely N-dealkylation sites (tertiary alicyclic amines) is 1. The lowest BCUT2D eigenvalue weighted by molar-refractivity contribution is -0.159. The minimum Gasteiger partial charge on any atom is -0.467 e. The van der Waals surface area contributed by atoms with Crippen LogP contribution >= 0.6 is 11.6 Å². The molecule has 0 bridgehead atoms. The van der Waals surface area contributed by atoms with Crippen LogP contribution in [0.1, 0.15) is 43.7 Å². The molecule has 2 aliphatic heterocycles. The van der Waals surface area contributed by atoms with E-state index >= 15 is 0 Å². The molecule has 4 rings (SSSR count). The van der Waals surface area contributed by atoms with E-state index in [4.69, 9.17) is 25.8 Å². The molecule has 0 aromatic heterocycles. The van der Waals surface area contributed by atoms with Gasteiger partial charge in [0.2, 0.25) is 11.8 Å². The third-order valence-corrected chi connectivity index (χ3v) is 5.94. The second-order valence-electron chi connectivity index (χ2n) is 7.49. The van der Waals surface area contributed by atoms with E-state index in [2.05, 4.69) is 0 Å². The Kier molecular flexibility index (Phi) is 5.29. The van der Waals surface area contributed by atoms with E-state index in [1.807, 2.05) is 0 Å². The summed E-state index contributed by atoms with van der Waals surface area (Å²) in [6.45, 7) is 1.96. The fraction of sp³-hybridized carbons (Fsp3) is 0.550. The van der Waals surface area contributed by atoms with E-state index in [-0.39, 0.29) is 37.0 Å². The highest BCUT2D eigenvalue weighted by Gasteiger charge is 2.51.